The SMILES string of the molecule is CC(Br)C(=O)NCC1Cc2ccccc21. The monoisotopic (exact) mass is 267 g/mol. The standard InChI is InChI=1S/C12H14BrNO/c1-8(13)12(15)14-7-10-6-9-4-2-3-5-11(9)10/h2-5,8,10H,6-7H2,1H3,(H,14,15). The van der Waals surface area contributed by atoms with Gasteiger partial charge in [0.1, 0.15) is 0 Å². The molecule has 1 aliphatic rings. The minimum absolute atomic E-state index is 0.0689. The third-order valence-electron chi connectivity index (χ3n) is 2.85. The average Bonchev–Trinajstić information content (AvgIpc) is 2.19. The van der Waals surface area contributed by atoms with Gasteiger partial charge in [-0.05, 0) is 24.5 Å². The Morgan fingerprint density at radius 1 is 1.60 bits per heavy atom. The molecule has 0 saturated carbocycles. The molecule has 1 amide bonds. The van der Waals surface area contributed by atoms with Crippen LogP contribution in [0.4, 0.5) is 0 Å². The number of carbonyl (C=O) groups excluding carboxylic acids is 1. The number of amides is 1. The van der Waals surface area contributed by atoms with Crippen molar-refractivity contribution in [3.63, 3.8) is 0 Å². The third kappa shape index (κ3) is 2.23. The molecule has 0 heterocycles. The van der Waals surface area contributed by atoms with E-state index in [9.17, 15) is 4.79 Å². The Morgan fingerprint density at radius 2 is 2.33 bits per heavy atom. The maximum atomic E-state index is 11.3. The lowest BCUT2D eigenvalue weighted by Crippen LogP contribution is -2.36. The molecule has 0 radical (unpaired) electrons. The van der Waals surface area contributed by atoms with Gasteiger partial charge < -0.3 is 5.32 Å². The highest BCUT2D eigenvalue weighted by Gasteiger charge is 2.25. The molecular formula is C12H14BrNO. The molecule has 2 nitrogen and oxygen atoms in total. The summed E-state index contributed by atoms with van der Waals surface area (Å²) in [6, 6.07) is 8.42. The van der Waals surface area contributed by atoms with Crippen molar-refractivity contribution in [2.75, 3.05) is 6.54 Å². The van der Waals surface area contributed by atoms with Gasteiger partial charge in [-0.1, -0.05) is 40.2 Å². The lowest BCUT2D eigenvalue weighted by Gasteiger charge is -2.30. The molecule has 0 fully saturated rings. The maximum Gasteiger partial charge on any atom is 0.233 e. The number of hydrogen-bond donors (Lipinski definition) is 1. The number of rotatable bonds is 3. The van der Waals surface area contributed by atoms with E-state index in [4.69, 9.17) is 0 Å². The number of alkyl halides is 1. The molecule has 0 aliphatic heterocycles. The van der Waals surface area contributed by atoms with E-state index in [1.807, 2.05) is 6.92 Å². The fourth-order valence-electron chi connectivity index (χ4n) is 1.91. The molecule has 1 aromatic carbocycles. The summed E-state index contributed by atoms with van der Waals surface area (Å²) in [7, 11) is 0. The fourth-order valence-corrected chi connectivity index (χ4v) is 2.07. The van der Waals surface area contributed by atoms with E-state index in [1.165, 1.54) is 11.1 Å². The molecule has 80 valence electrons. The second-order valence-electron chi connectivity index (χ2n) is 3.96. The highest BCUT2D eigenvalue weighted by atomic mass is 79.9. The molecule has 0 spiro atoms. The minimum Gasteiger partial charge on any atom is -0.355 e. The number of halogens is 1. The molecule has 0 bridgehead atoms. The molecule has 2 atom stereocenters. The maximum absolute atomic E-state index is 11.3. The molecule has 2 unspecified atom stereocenters. The Labute approximate surface area is 98.2 Å². The summed E-state index contributed by atoms with van der Waals surface area (Å²) < 4.78 is 0. The van der Waals surface area contributed by atoms with Crippen molar-refractivity contribution in [1.82, 2.24) is 5.32 Å². The van der Waals surface area contributed by atoms with Crippen LogP contribution in [-0.2, 0) is 11.2 Å². The molecule has 2 rings (SSSR count). The van der Waals surface area contributed by atoms with E-state index in [2.05, 4.69) is 45.5 Å². The topological polar surface area (TPSA) is 29.1 Å². The zero-order valence-corrected chi connectivity index (χ0v) is 10.3. The summed E-state index contributed by atoms with van der Waals surface area (Å²) in [5, 5.41) is 2.94. The second-order valence-corrected chi connectivity index (χ2v) is 5.33. The highest BCUT2D eigenvalue weighted by Crippen LogP contribution is 2.33. The summed E-state index contributed by atoms with van der Waals surface area (Å²) in [6.07, 6.45) is 1.09. The van der Waals surface area contributed by atoms with Gasteiger partial charge in [-0.3, -0.25) is 4.79 Å². The van der Waals surface area contributed by atoms with E-state index in [0.717, 1.165) is 13.0 Å². The minimum atomic E-state index is -0.104. The molecule has 0 aromatic heterocycles. The van der Waals surface area contributed by atoms with Crippen molar-refractivity contribution in [3.05, 3.63) is 35.4 Å². The van der Waals surface area contributed by atoms with Crippen molar-refractivity contribution in [3.8, 4) is 0 Å². The Kier molecular flexibility index (Phi) is 3.10. The Balaban J connectivity index is 1.88. The lowest BCUT2D eigenvalue weighted by atomic mass is 9.77. The summed E-state index contributed by atoms with van der Waals surface area (Å²) >= 11 is 3.25. The van der Waals surface area contributed by atoms with Crippen LogP contribution in [0.5, 0.6) is 0 Å². The number of nitrogens with one attached hydrogen (secondary N) is 1. The van der Waals surface area contributed by atoms with Gasteiger partial charge in [0.2, 0.25) is 5.91 Å². The van der Waals surface area contributed by atoms with Crippen LogP contribution < -0.4 is 5.32 Å². The van der Waals surface area contributed by atoms with E-state index >= 15 is 0 Å². The summed E-state index contributed by atoms with van der Waals surface area (Å²) in [4.78, 5) is 11.2. The van der Waals surface area contributed by atoms with Crippen molar-refractivity contribution in [2.45, 2.75) is 24.1 Å². The molecule has 1 aromatic rings. The number of fused-ring (bicyclic) bond motifs is 1. The quantitative estimate of drug-likeness (QED) is 0.837. The first kappa shape index (κ1) is 10.7. The van der Waals surface area contributed by atoms with Gasteiger partial charge in [-0.25, -0.2) is 0 Å². The summed E-state index contributed by atoms with van der Waals surface area (Å²) in [5.41, 5.74) is 2.81. The predicted molar refractivity (Wildman–Crippen MR) is 64.3 cm³/mol. The Morgan fingerprint density at radius 3 is 3.00 bits per heavy atom. The first-order chi connectivity index (χ1) is 7.18. The van der Waals surface area contributed by atoms with E-state index in [1.54, 1.807) is 0 Å². The number of hydrogen-bond acceptors (Lipinski definition) is 1. The second kappa shape index (κ2) is 4.35. The zero-order chi connectivity index (χ0) is 10.8. The van der Waals surface area contributed by atoms with Crippen LogP contribution in [0.15, 0.2) is 24.3 Å². The largest absolute Gasteiger partial charge is 0.355 e. The van der Waals surface area contributed by atoms with E-state index in [-0.39, 0.29) is 10.7 Å². The van der Waals surface area contributed by atoms with Gasteiger partial charge in [0, 0.05) is 12.5 Å². The van der Waals surface area contributed by atoms with Gasteiger partial charge in [0.25, 0.3) is 0 Å². The van der Waals surface area contributed by atoms with E-state index < -0.39 is 0 Å². The van der Waals surface area contributed by atoms with Crippen LogP contribution >= 0.6 is 15.9 Å². The Bertz CT molecular complexity index is 376. The van der Waals surface area contributed by atoms with Gasteiger partial charge in [-0.2, -0.15) is 0 Å². The van der Waals surface area contributed by atoms with Crippen LogP contribution in [0.2, 0.25) is 0 Å². The first-order valence-corrected chi connectivity index (χ1v) is 6.09. The normalized spacial score (nSPS) is 20.0. The van der Waals surface area contributed by atoms with Gasteiger partial charge in [0.15, 0.2) is 0 Å². The van der Waals surface area contributed by atoms with Gasteiger partial charge in [-0.15, -0.1) is 0 Å². The highest BCUT2D eigenvalue weighted by molar-refractivity contribution is 9.10. The zero-order valence-electron chi connectivity index (χ0n) is 8.66. The Hall–Kier alpha value is -0.830. The van der Waals surface area contributed by atoms with E-state index in [0.29, 0.717) is 5.92 Å². The molecular weight excluding hydrogens is 254 g/mol. The number of carbonyl (C=O) groups is 1. The first-order valence-electron chi connectivity index (χ1n) is 5.18. The fraction of sp³-hybridized carbons (Fsp3) is 0.417. The van der Waals surface area contributed by atoms with Crippen LogP contribution in [0.3, 0.4) is 0 Å². The molecule has 3 heteroatoms. The smallest absolute Gasteiger partial charge is 0.233 e. The molecule has 1 aliphatic carbocycles. The summed E-state index contributed by atoms with van der Waals surface area (Å²) in [6.45, 7) is 2.59. The predicted octanol–water partition coefficient (Wildman–Crippen LogP) is 2.23. The number of benzene rings is 1. The molecule has 15 heavy (non-hydrogen) atoms. The lowest BCUT2D eigenvalue weighted by molar-refractivity contribution is -0.120. The average molecular weight is 268 g/mol. The third-order valence-corrected chi connectivity index (χ3v) is 3.26. The molecule has 0 saturated heterocycles. The van der Waals surface area contributed by atoms with Crippen LogP contribution in [0.1, 0.15) is 24.0 Å². The van der Waals surface area contributed by atoms with Gasteiger partial charge in [0.05, 0.1) is 4.83 Å². The van der Waals surface area contributed by atoms with Crippen molar-refractivity contribution in [2.24, 2.45) is 0 Å². The van der Waals surface area contributed by atoms with Crippen LogP contribution in [-0.4, -0.2) is 17.3 Å². The van der Waals surface area contributed by atoms with Crippen molar-refractivity contribution < 1.29 is 4.79 Å². The summed E-state index contributed by atoms with van der Waals surface area (Å²) in [5.74, 6) is 0.579. The molecule has 1 N–H and O–H groups in total. The van der Waals surface area contributed by atoms with Crippen molar-refractivity contribution in [1.29, 1.82) is 0 Å². The van der Waals surface area contributed by atoms with Crippen LogP contribution in [0, 0.1) is 0 Å². The van der Waals surface area contributed by atoms with Gasteiger partial charge >= 0.3 is 0 Å². The van der Waals surface area contributed by atoms with Crippen molar-refractivity contribution >= 4 is 21.8 Å². The van der Waals surface area contributed by atoms with Crippen LogP contribution in [0.25, 0.3) is 0 Å².